The molecule has 1 aliphatic heterocycles. The number of amides is 1. The third-order valence-corrected chi connectivity index (χ3v) is 4.94. The Bertz CT molecular complexity index is 983. The molecule has 0 aliphatic carbocycles. The van der Waals surface area contributed by atoms with Gasteiger partial charge in [0.15, 0.2) is 0 Å². The molecular weight excluding hydrogens is 333 g/mol. The number of likely N-dealkylation sites (tertiary alicyclic amines) is 1. The fourth-order valence-electron chi connectivity index (χ4n) is 3.61. The van der Waals surface area contributed by atoms with E-state index in [1.165, 1.54) is 12.4 Å². The Balaban J connectivity index is 1.62. The monoisotopic (exact) mass is 353 g/mol. The number of fused-ring (bicyclic) bond motifs is 1. The molecule has 1 fully saturated rings. The van der Waals surface area contributed by atoms with Crippen LogP contribution in [0, 0.1) is 19.7 Å². The number of halogens is 1. The van der Waals surface area contributed by atoms with Crippen LogP contribution in [0.1, 0.15) is 46.1 Å². The third kappa shape index (κ3) is 2.94. The molecule has 3 heterocycles. The maximum Gasteiger partial charge on any atom is 0.253 e. The van der Waals surface area contributed by atoms with E-state index >= 15 is 0 Å². The minimum absolute atomic E-state index is 0.0570. The van der Waals surface area contributed by atoms with Crippen molar-refractivity contribution in [3.8, 4) is 0 Å². The van der Waals surface area contributed by atoms with Crippen LogP contribution in [0.4, 0.5) is 4.39 Å². The molecule has 0 radical (unpaired) electrons. The molecule has 1 aliphatic rings. The molecule has 1 atom stereocenters. The quantitative estimate of drug-likeness (QED) is 0.711. The highest BCUT2D eigenvalue weighted by atomic mass is 19.1. The molecular formula is C19H20FN5O. The van der Waals surface area contributed by atoms with Crippen LogP contribution in [0.5, 0.6) is 0 Å². The number of hydrogen-bond donors (Lipinski definition) is 0. The molecule has 0 spiro atoms. The number of carbonyl (C=O) groups is 1. The van der Waals surface area contributed by atoms with Gasteiger partial charge in [0.05, 0.1) is 5.69 Å². The molecule has 26 heavy (non-hydrogen) atoms. The lowest BCUT2D eigenvalue weighted by Crippen LogP contribution is -2.39. The second-order valence-corrected chi connectivity index (χ2v) is 6.85. The molecule has 6 nitrogen and oxygen atoms in total. The lowest BCUT2D eigenvalue weighted by atomic mass is 9.93. The molecule has 0 bridgehead atoms. The van der Waals surface area contributed by atoms with E-state index in [2.05, 4.69) is 15.1 Å². The second-order valence-electron chi connectivity index (χ2n) is 6.85. The SMILES string of the molecule is Cc1cc(C2CCCN(C(=O)c3ccc(F)c(C)c3)C2)n2ncnc2n1. The smallest absolute Gasteiger partial charge is 0.253 e. The van der Waals surface area contributed by atoms with Gasteiger partial charge >= 0.3 is 0 Å². The maximum atomic E-state index is 13.5. The van der Waals surface area contributed by atoms with Gasteiger partial charge in [-0.3, -0.25) is 4.79 Å². The normalized spacial score (nSPS) is 17.7. The van der Waals surface area contributed by atoms with E-state index in [0.717, 1.165) is 24.2 Å². The van der Waals surface area contributed by atoms with E-state index in [1.807, 2.05) is 17.9 Å². The highest BCUT2D eigenvalue weighted by Crippen LogP contribution is 2.28. The maximum absolute atomic E-state index is 13.5. The van der Waals surface area contributed by atoms with Gasteiger partial charge < -0.3 is 4.90 Å². The van der Waals surface area contributed by atoms with Crippen LogP contribution in [0.25, 0.3) is 5.78 Å². The van der Waals surface area contributed by atoms with Crippen molar-refractivity contribution in [3.05, 3.63) is 58.9 Å². The van der Waals surface area contributed by atoms with Crippen molar-refractivity contribution in [2.75, 3.05) is 13.1 Å². The largest absolute Gasteiger partial charge is 0.338 e. The molecule has 0 saturated carbocycles. The topological polar surface area (TPSA) is 63.4 Å². The van der Waals surface area contributed by atoms with Gasteiger partial charge in [-0.2, -0.15) is 10.1 Å². The van der Waals surface area contributed by atoms with Crippen molar-refractivity contribution < 1.29 is 9.18 Å². The molecule has 2 aromatic heterocycles. The van der Waals surface area contributed by atoms with E-state index in [-0.39, 0.29) is 17.6 Å². The van der Waals surface area contributed by atoms with Gasteiger partial charge in [0.2, 0.25) is 0 Å². The summed E-state index contributed by atoms with van der Waals surface area (Å²) < 4.78 is 15.3. The zero-order chi connectivity index (χ0) is 18.3. The highest BCUT2D eigenvalue weighted by Gasteiger charge is 2.28. The van der Waals surface area contributed by atoms with E-state index < -0.39 is 0 Å². The fraction of sp³-hybridized carbons (Fsp3) is 0.368. The van der Waals surface area contributed by atoms with Crippen molar-refractivity contribution in [3.63, 3.8) is 0 Å². The Morgan fingerprint density at radius 1 is 1.27 bits per heavy atom. The Kier molecular flexibility index (Phi) is 4.14. The van der Waals surface area contributed by atoms with Gasteiger partial charge in [0, 0.05) is 30.3 Å². The van der Waals surface area contributed by atoms with Crippen LogP contribution in [0.2, 0.25) is 0 Å². The van der Waals surface area contributed by atoms with Crippen LogP contribution in [0.15, 0.2) is 30.6 Å². The second kappa shape index (κ2) is 6.48. The first-order valence-electron chi connectivity index (χ1n) is 8.75. The molecule has 1 aromatic carbocycles. The number of aromatic nitrogens is 4. The number of aryl methyl sites for hydroxylation is 2. The van der Waals surface area contributed by atoms with Crippen molar-refractivity contribution in [1.29, 1.82) is 0 Å². The summed E-state index contributed by atoms with van der Waals surface area (Å²) in [5.74, 6) is 0.398. The Morgan fingerprint density at radius 3 is 2.92 bits per heavy atom. The Morgan fingerprint density at radius 2 is 2.12 bits per heavy atom. The Labute approximate surface area is 150 Å². The molecule has 1 amide bonds. The highest BCUT2D eigenvalue weighted by molar-refractivity contribution is 5.94. The van der Waals surface area contributed by atoms with Gasteiger partial charge in [0.25, 0.3) is 11.7 Å². The standard InChI is InChI=1S/C19H20FN5O/c1-12-8-14(5-6-16(12)20)18(26)24-7-3-4-15(10-24)17-9-13(2)23-19-21-11-22-25(17)19/h5-6,8-9,11,15H,3-4,7,10H2,1-2H3. The number of nitrogens with zero attached hydrogens (tertiary/aromatic N) is 5. The summed E-state index contributed by atoms with van der Waals surface area (Å²) in [6.07, 6.45) is 3.39. The first kappa shape index (κ1) is 16.6. The van der Waals surface area contributed by atoms with E-state index in [9.17, 15) is 9.18 Å². The lowest BCUT2D eigenvalue weighted by Gasteiger charge is -2.33. The van der Waals surface area contributed by atoms with Crippen LogP contribution in [-0.2, 0) is 0 Å². The number of carbonyl (C=O) groups excluding carboxylic acids is 1. The molecule has 4 rings (SSSR count). The first-order chi connectivity index (χ1) is 12.5. The van der Waals surface area contributed by atoms with Gasteiger partial charge in [-0.15, -0.1) is 0 Å². The third-order valence-electron chi connectivity index (χ3n) is 4.94. The van der Waals surface area contributed by atoms with Crippen molar-refractivity contribution >= 4 is 11.7 Å². The zero-order valence-electron chi connectivity index (χ0n) is 14.8. The first-order valence-corrected chi connectivity index (χ1v) is 8.75. The molecule has 3 aromatic rings. The zero-order valence-corrected chi connectivity index (χ0v) is 14.8. The van der Waals surface area contributed by atoms with E-state index in [0.29, 0.717) is 30.0 Å². The number of hydrogen-bond acceptors (Lipinski definition) is 4. The van der Waals surface area contributed by atoms with Crippen molar-refractivity contribution in [1.82, 2.24) is 24.5 Å². The average Bonchev–Trinajstić information content (AvgIpc) is 3.11. The molecule has 0 N–H and O–H groups in total. The summed E-state index contributed by atoms with van der Waals surface area (Å²) in [7, 11) is 0. The predicted molar refractivity (Wildman–Crippen MR) is 94.5 cm³/mol. The van der Waals surface area contributed by atoms with Crippen LogP contribution in [-0.4, -0.2) is 43.5 Å². The lowest BCUT2D eigenvalue weighted by molar-refractivity contribution is 0.0705. The molecule has 7 heteroatoms. The van der Waals surface area contributed by atoms with E-state index in [1.54, 1.807) is 23.6 Å². The average molecular weight is 353 g/mol. The summed E-state index contributed by atoms with van der Waals surface area (Å²) in [5, 5.41) is 4.28. The van der Waals surface area contributed by atoms with Crippen LogP contribution in [0.3, 0.4) is 0 Å². The molecule has 1 saturated heterocycles. The van der Waals surface area contributed by atoms with Gasteiger partial charge in [-0.1, -0.05) is 0 Å². The van der Waals surface area contributed by atoms with Gasteiger partial charge in [-0.05, 0) is 56.5 Å². The minimum atomic E-state index is -0.293. The summed E-state index contributed by atoms with van der Waals surface area (Å²) in [5.41, 5.74) is 2.93. The van der Waals surface area contributed by atoms with Gasteiger partial charge in [-0.25, -0.2) is 13.9 Å². The fourth-order valence-corrected chi connectivity index (χ4v) is 3.61. The molecule has 1 unspecified atom stereocenters. The predicted octanol–water partition coefficient (Wildman–Crippen LogP) is 2.90. The van der Waals surface area contributed by atoms with Gasteiger partial charge in [0.1, 0.15) is 12.1 Å². The van der Waals surface area contributed by atoms with Crippen molar-refractivity contribution in [2.45, 2.75) is 32.6 Å². The van der Waals surface area contributed by atoms with Crippen molar-refractivity contribution in [2.24, 2.45) is 0 Å². The number of benzene rings is 1. The summed E-state index contributed by atoms with van der Waals surface area (Å²) in [6.45, 7) is 4.92. The minimum Gasteiger partial charge on any atom is -0.338 e. The van der Waals surface area contributed by atoms with E-state index in [4.69, 9.17) is 0 Å². The van der Waals surface area contributed by atoms with Crippen LogP contribution < -0.4 is 0 Å². The summed E-state index contributed by atoms with van der Waals surface area (Å²) in [4.78, 5) is 23.3. The van der Waals surface area contributed by atoms with Crippen LogP contribution >= 0.6 is 0 Å². The summed E-state index contributed by atoms with van der Waals surface area (Å²) >= 11 is 0. The number of piperidine rings is 1. The Hall–Kier alpha value is -2.83. The summed E-state index contributed by atoms with van der Waals surface area (Å²) in [6, 6.07) is 6.55. The molecule has 134 valence electrons. The number of rotatable bonds is 2.